The maximum atomic E-state index is 11.6. The zero-order valence-electron chi connectivity index (χ0n) is 9.15. The summed E-state index contributed by atoms with van der Waals surface area (Å²) in [4.78, 5) is 24.6. The fraction of sp³-hybridized carbons (Fsp3) is 0.800. The van der Waals surface area contributed by atoms with Crippen LogP contribution in [0.25, 0.3) is 0 Å². The fourth-order valence-corrected chi connectivity index (χ4v) is 1.86. The molecule has 2 rings (SSSR count). The predicted molar refractivity (Wildman–Crippen MR) is 56.5 cm³/mol. The van der Waals surface area contributed by atoms with Crippen LogP contribution in [-0.2, 0) is 14.3 Å². The predicted octanol–water partition coefficient (Wildman–Crippen LogP) is -1.55. The van der Waals surface area contributed by atoms with Crippen molar-refractivity contribution < 1.29 is 14.3 Å². The first kappa shape index (κ1) is 11.3. The standard InChI is InChI=1S/C10H17N3O3/c11-7-1-2-10(15)13(3-7)4-9(14)12-8-5-16-6-8/h7-8H,1-6,11H2,(H,12,14). The quantitative estimate of drug-likeness (QED) is 0.611. The van der Waals surface area contributed by atoms with Gasteiger partial charge in [0.25, 0.3) is 0 Å². The second-order valence-corrected chi connectivity index (χ2v) is 4.37. The van der Waals surface area contributed by atoms with Gasteiger partial charge >= 0.3 is 0 Å². The third-order valence-corrected chi connectivity index (χ3v) is 2.87. The third-order valence-electron chi connectivity index (χ3n) is 2.87. The molecule has 6 heteroatoms. The summed E-state index contributed by atoms with van der Waals surface area (Å²) in [5, 5.41) is 2.80. The number of amides is 2. The van der Waals surface area contributed by atoms with Gasteiger partial charge in [0.1, 0.15) is 0 Å². The minimum Gasteiger partial charge on any atom is -0.377 e. The molecule has 2 fully saturated rings. The van der Waals surface area contributed by atoms with E-state index in [0.717, 1.165) is 0 Å². The first-order chi connectivity index (χ1) is 7.65. The summed E-state index contributed by atoms with van der Waals surface area (Å²) >= 11 is 0. The number of hydrogen-bond acceptors (Lipinski definition) is 4. The van der Waals surface area contributed by atoms with Gasteiger partial charge in [0.15, 0.2) is 0 Å². The summed E-state index contributed by atoms with van der Waals surface area (Å²) in [6.45, 7) is 1.73. The van der Waals surface area contributed by atoms with Gasteiger partial charge in [-0.2, -0.15) is 0 Å². The van der Waals surface area contributed by atoms with Gasteiger partial charge in [-0.05, 0) is 6.42 Å². The Morgan fingerprint density at radius 3 is 2.94 bits per heavy atom. The van der Waals surface area contributed by atoms with Crippen molar-refractivity contribution in [1.29, 1.82) is 0 Å². The summed E-state index contributed by atoms with van der Waals surface area (Å²) in [6.07, 6.45) is 1.16. The molecule has 6 nitrogen and oxygen atoms in total. The summed E-state index contributed by atoms with van der Waals surface area (Å²) in [6, 6.07) is 0.110. The number of nitrogens with zero attached hydrogens (tertiary/aromatic N) is 1. The summed E-state index contributed by atoms with van der Waals surface area (Å²) in [5.74, 6) is -0.113. The second-order valence-electron chi connectivity index (χ2n) is 4.37. The van der Waals surface area contributed by atoms with E-state index in [9.17, 15) is 9.59 Å². The van der Waals surface area contributed by atoms with Crippen LogP contribution in [0.5, 0.6) is 0 Å². The molecule has 1 unspecified atom stereocenters. The number of nitrogens with one attached hydrogen (secondary N) is 1. The fourth-order valence-electron chi connectivity index (χ4n) is 1.86. The van der Waals surface area contributed by atoms with Gasteiger partial charge in [0.05, 0.1) is 25.8 Å². The Balaban J connectivity index is 1.77. The van der Waals surface area contributed by atoms with Crippen LogP contribution < -0.4 is 11.1 Å². The minimum absolute atomic E-state index is 0.00228. The molecule has 2 aliphatic rings. The van der Waals surface area contributed by atoms with Crippen molar-refractivity contribution in [1.82, 2.24) is 10.2 Å². The van der Waals surface area contributed by atoms with Crippen LogP contribution in [0.2, 0.25) is 0 Å². The molecule has 0 saturated carbocycles. The SMILES string of the molecule is NC1CCC(=O)N(CC(=O)NC2COC2)C1. The lowest BCUT2D eigenvalue weighted by Gasteiger charge is -2.32. The summed E-state index contributed by atoms with van der Waals surface area (Å²) in [7, 11) is 0. The Morgan fingerprint density at radius 1 is 1.56 bits per heavy atom. The highest BCUT2D eigenvalue weighted by molar-refractivity contribution is 5.85. The lowest BCUT2D eigenvalue weighted by molar-refractivity contribution is -0.139. The topological polar surface area (TPSA) is 84.7 Å². The van der Waals surface area contributed by atoms with Crippen LogP contribution >= 0.6 is 0 Å². The lowest BCUT2D eigenvalue weighted by Crippen LogP contribution is -2.54. The third kappa shape index (κ3) is 2.70. The number of piperidine rings is 1. The normalized spacial score (nSPS) is 26.4. The van der Waals surface area contributed by atoms with Gasteiger partial charge in [0, 0.05) is 19.0 Å². The average Bonchev–Trinajstić information content (AvgIpc) is 2.18. The van der Waals surface area contributed by atoms with E-state index in [1.54, 1.807) is 0 Å². The van der Waals surface area contributed by atoms with E-state index in [0.29, 0.717) is 32.6 Å². The molecule has 1 atom stereocenters. The first-order valence-electron chi connectivity index (χ1n) is 5.55. The second kappa shape index (κ2) is 4.80. The molecular formula is C10H17N3O3. The molecule has 0 bridgehead atoms. The number of rotatable bonds is 3. The van der Waals surface area contributed by atoms with E-state index in [2.05, 4.69) is 5.32 Å². The number of nitrogens with two attached hydrogens (primary N) is 1. The van der Waals surface area contributed by atoms with Gasteiger partial charge < -0.3 is 20.7 Å². The number of ether oxygens (including phenoxy) is 1. The van der Waals surface area contributed by atoms with Crippen molar-refractivity contribution in [3.63, 3.8) is 0 Å². The molecule has 2 amide bonds. The van der Waals surface area contributed by atoms with E-state index in [1.165, 1.54) is 4.90 Å². The Hall–Kier alpha value is -1.14. The maximum absolute atomic E-state index is 11.6. The Kier molecular flexibility index (Phi) is 3.40. The molecule has 2 aliphatic heterocycles. The van der Waals surface area contributed by atoms with Crippen LogP contribution in [0.15, 0.2) is 0 Å². The average molecular weight is 227 g/mol. The highest BCUT2D eigenvalue weighted by Crippen LogP contribution is 2.09. The van der Waals surface area contributed by atoms with Gasteiger partial charge in [0.2, 0.25) is 11.8 Å². The Labute approximate surface area is 94.1 Å². The smallest absolute Gasteiger partial charge is 0.240 e. The van der Waals surface area contributed by atoms with Gasteiger partial charge in [-0.1, -0.05) is 0 Å². The molecule has 0 aromatic carbocycles. The molecule has 0 radical (unpaired) electrons. The van der Waals surface area contributed by atoms with Crippen LogP contribution in [0, 0.1) is 0 Å². The van der Waals surface area contributed by atoms with Crippen molar-refractivity contribution in [3.8, 4) is 0 Å². The van der Waals surface area contributed by atoms with E-state index in [1.807, 2.05) is 0 Å². The maximum Gasteiger partial charge on any atom is 0.240 e. The zero-order valence-corrected chi connectivity index (χ0v) is 9.15. The highest BCUT2D eigenvalue weighted by atomic mass is 16.5. The molecule has 2 heterocycles. The number of likely N-dealkylation sites (tertiary alicyclic amines) is 1. The monoisotopic (exact) mass is 227 g/mol. The van der Waals surface area contributed by atoms with Crippen molar-refractivity contribution >= 4 is 11.8 Å². The van der Waals surface area contributed by atoms with Crippen molar-refractivity contribution in [2.75, 3.05) is 26.3 Å². The molecule has 0 spiro atoms. The zero-order chi connectivity index (χ0) is 11.5. The van der Waals surface area contributed by atoms with Crippen LogP contribution in [0.3, 0.4) is 0 Å². The van der Waals surface area contributed by atoms with Crippen molar-refractivity contribution in [3.05, 3.63) is 0 Å². The molecule has 3 N–H and O–H groups in total. The number of hydrogen-bond donors (Lipinski definition) is 2. The minimum atomic E-state index is -0.129. The molecular weight excluding hydrogens is 210 g/mol. The van der Waals surface area contributed by atoms with Crippen LogP contribution in [0.4, 0.5) is 0 Å². The van der Waals surface area contributed by atoms with E-state index >= 15 is 0 Å². The van der Waals surface area contributed by atoms with E-state index in [4.69, 9.17) is 10.5 Å². The Morgan fingerprint density at radius 2 is 2.31 bits per heavy atom. The number of carbonyl (C=O) groups excluding carboxylic acids is 2. The van der Waals surface area contributed by atoms with E-state index < -0.39 is 0 Å². The van der Waals surface area contributed by atoms with Crippen LogP contribution in [0.1, 0.15) is 12.8 Å². The van der Waals surface area contributed by atoms with Crippen molar-refractivity contribution in [2.45, 2.75) is 24.9 Å². The van der Waals surface area contributed by atoms with Crippen molar-refractivity contribution in [2.24, 2.45) is 5.73 Å². The van der Waals surface area contributed by atoms with Gasteiger partial charge in [-0.15, -0.1) is 0 Å². The molecule has 0 aromatic heterocycles. The molecule has 0 aromatic rings. The lowest BCUT2D eigenvalue weighted by atomic mass is 10.1. The van der Waals surface area contributed by atoms with Gasteiger partial charge in [-0.3, -0.25) is 9.59 Å². The van der Waals surface area contributed by atoms with Crippen LogP contribution in [-0.4, -0.2) is 55.1 Å². The van der Waals surface area contributed by atoms with E-state index in [-0.39, 0.29) is 30.4 Å². The summed E-state index contributed by atoms with van der Waals surface area (Å²) in [5.41, 5.74) is 5.76. The molecule has 2 saturated heterocycles. The first-order valence-corrected chi connectivity index (χ1v) is 5.55. The molecule has 16 heavy (non-hydrogen) atoms. The highest BCUT2D eigenvalue weighted by Gasteiger charge is 2.26. The molecule has 90 valence electrons. The number of carbonyl (C=O) groups is 2. The Bertz CT molecular complexity index is 291. The van der Waals surface area contributed by atoms with Gasteiger partial charge in [-0.25, -0.2) is 0 Å². The molecule has 0 aliphatic carbocycles. The summed E-state index contributed by atoms with van der Waals surface area (Å²) < 4.78 is 4.95. The largest absolute Gasteiger partial charge is 0.377 e.